The van der Waals surface area contributed by atoms with E-state index in [0.29, 0.717) is 0 Å². The second kappa shape index (κ2) is 3.90. The number of allylic oxidation sites excluding steroid dienone is 1. The van der Waals surface area contributed by atoms with Crippen LogP contribution in [0, 0.1) is 0 Å². The molecule has 0 unspecified atom stereocenters. The van der Waals surface area contributed by atoms with Crippen LogP contribution >= 0.6 is 0 Å². The highest BCUT2D eigenvalue weighted by molar-refractivity contribution is 5.68. The summed E-state index contributed by atoms with van der Waals surface area (Å²) in [5.74, 6) is 0.274. The molecule has 4 nitrogen and oxygen atoms in total. The van der Waals surface area contributed by atoms with E-state index in [0.717, 1.165) is 18.4 Å². The fraction of sp³-hybridized carbons (Fsp3) is 0.700. The van der Waals surface area contributed by atoms with E-state index in [2.05, 4.69) is 5.32 Å². The van der Waals surface area contributed by atoms with Crippen LogP contribution in [0.1, 0.15) is 33.6 Å². The smallest absolute Gasteiger partial charge is 0.408 e. The number of carbonyl (C=O) groups excluding carboxylic acids is 1. The molecule has 0 aromatic rings. The van der Waals surface area contributed by atoms with Crippen LogP contribution in [0.5, 0.6) is 0 Å². The van der Waals surface area contributed by atoms with Gasteiger partial charge in [-0.2, -0.15) is 0 Å². The van der Waals surface area contributed by atoms with Crippen molar-refractivity contribution >= 4 is 6.09 Å². The molecule has 0 saturated heterocycles. The molecule has 0 atom stereocenters. The van der Waals surface area contributed by atoms with Gasteiger partial charge in [-0.15, -0.1) is 0 Å². The SMILES string of the molecule is CC(C)(C)OC(=O)NCC(O)=C1CC1. The molecule has 0 aromatic carbocycles. The average molecular weight is 199 g/mol. The van der Waals surface area contributed by atoms with E-state index >= 15 is 0 Å². The highest BCUT2D eigenvalue weighted by Crippen LogP contribution is 2.29. The van der Waals surface area contributed by atoms with Gasteiger partial charge in [0, 0.05) is 0 Å². The van der Waals surface area contributed by atoms with Crippen molar-refractivity contribution in [1.29, 1.82) is 0 Å². The Kier molecular flexibility index (Phi) is 3.03. The predicted octanol–water partition coefficient (Wildman–Crippen LogP) is 2.12. The zero-order valence-electron chi connectivity index (χ0n) is 8.89. The van der Waals surface area contributed by atoms with E-state index in [-0.39, 0.29) is 12.3 Å². The molecule has 1 saturated carbocycles. The van der Waals surface area contributed by atoms with Gasteiger partial charge < -0.3 is 15.2 Å². The van der Waals surface area contributed by atoms with E-state index in [1.807, 2.05) is 0 Å². The van der Waals surface area contributed by atoms with E-state index in [1.165, 1.54) is 0 Å². The molecule has 2 N–H and O–H groups in total. The van der Waals surface area contributed by atoms with Gasteiger partial charge in [-0.1, -0.05) is 0 Å². The van der Waals surface area contributed by atoms with Gasteiger partial charge in [-0.25, -0.2) is 4.79 Å². The summed E-state index contributed by atoms with van der Waals surface area (Å²) >= 11 is 0. The third-order valence-electron chi connectivity index (χ3n) is 1.71. The number of amides is 1. The minimum Gasteiger partial charge on any atom is -0.510 e. The molecule has 0 spiro atoms. The molecule has 14 heavy (non-hydrogen) atoms. The molecule has 1 aliphatic rings. The summed E-state index contributed by atoms with van der Waals surface area (Å²) in [6.07, 6.45) is 1.40. The summed E-state index contributed by atoms with van der Waals surface area (Å²) in [7, 11) is 0. The van der Waals surface area contributed by atoms with Gasteiger partial charge in [-0.05, 0) is 39.2 Å². The van der Waals surface area contributed by atoms with Gasteiger partial charge in [0.15, 0.2) is 0 Å². The number of alkyl carbamates (subject to hydrolysis) is 1. The zero-order valence-corrected chi connectivity index (χ0v) is 8.89. The lowest BCUT2D eigenvalue weighted by Gasteiger charge is -2.19. The molecule has 0 aliphatic heterocycles. The fourth-order valence-electron chi connectivity index (χ4n) is 0.946. The Morgan fingerprint density at radius 3 is 2.50 bits per heavy atom. The molecule has 1 fully saturated rings. The van der Waals surface area contributed by atoms with Crippen molar-refractivity contribution in [2.75, 3.05) is 6.54 Å². The minimum atomic E-state index is -0.495. The van der Waals surface area contributed by atoms with Gasteiger partial charge >= 0.3 is 6.09 Å². The Morgan fingerprint density at radius 2 is 2.07 bits per heavy atom. The molecule has 0 aromatic heterocycles. The van der Waals surface area contributed by atoms with Crippen molar-refractivity contribution in [2.24, 2.45) is 0 Å². The standard InChI is InChI=1S/C10H17NO3/c1-10(2,3)14-9(13)11-6-8(12)7-4-5-7/h12H,4-6H2,1-3H3,(H,11,13). The number of hydrogen-bond donors (Lipinski definition) is 2. The third-order valence-corrected chi connectivity index (χ3v) is 1.71. The number of aliphatic hydroxyl groups excluding tert-OH is 1. The van der Waals surface area contributed by atoms with E-state index in [4.69, 9.17) is 4.74 Å². The van der Waals surface area contributed by atoms with Gasteiger partial charge in [0.2, 0.25) is 0 Å². The Hall–Kier alpha value is -1.19. The molecule has 4 heteroatoms. The van der Waals surface area contributed by atoms with Crippen molar-refractivity contribution in [2.45, 2.75) is 39.2 Å². The van der Waals surface area contributed by atoms with Gasteiger partial charge in [0.25, 0.3) is 0 Å². The van der Waals surface area contributed by atoms with Crippen LogP contribution in [0.3, 0.4) is 0 Å². The predicted molar refractivity (Wildman–Crippen MR) is 53.1 cm³/mol. The number of nitrogens with one attached hydrogen (secondary N) is 1. The Balaban J connectivity index is 2.25. The normalized spacial score (nSPS) is 14.9. The van der Waals surface area contributed by atoms with Crippen molar-refractivity contribution in [1.82, 2.24) is 5.32 Å². The fourth-order valence-corrected chi connectivity index (χ4v) is 0.946. The lowest BCUT2D eigenvalue weighted by Crippen LogP contribution is -2.33. The maximum Gasteiger partial charge on any atom is 0.408 e. The summed E-state index contributed by atoms with van der Waals surface area (Å²) in [6.45, 7) is 5.56. The van der Waals surface area contributed by atoms with Crippen molar-refractivity contribution in [3.8, 4) is 0 Å². The molecule has 80 valence electrons. The zero-order chi connectivity index (χ0) is 10.8. The van der Waals surface area contributed by atoms with Crippen LogP contribution in [-0.4, -0.2) is 23.3 Å². The van der Waals surface area contributed by atoms with Crippen LogP contribution in [-0.2, 0) is 4.74 Å². The molecule has 0 radical (unpaired) electrons. The van der Waals surface area contributed by atoms with E-state index in [1.54, 1.807) is 20.8 Å². The quantitative estimate of drug-likeness (QED) is 0.670. The van der Waals surface area contributed by atoms with Crippen LogP contribution < -0.4 is 5.32 Å². The Morgan fingerprint density at radius 1 is 1.50 bits per heavy atom. The number of rotatable bonds is 2. The first-order valence-corrected chi connectivity index (χ1v) is 4.75. The molecule has 1 amide bonds. The second-order valence-corrected chi connectivity index (χ2v) is 4.41. The van der Waals surface area contributed by atoms with Crippen molar-refractivity contribution in [3.63, 3.8) is 0 Å². The summed E-state index contributed by atoms with van der Waals surface area (Å²) < 4.78 is 5.00. The third kappa shape index (κ3) is 4.16. The average Bonchev–Trinajstić information content (AvgIpc) is 2.78. The van der Waals surface area contributed by atoms with Gasteiger partial charge in [-0.3, -0.25) is 0 Å². The van der Waals surface area contributed by atoms with Crippen LogP contribution in [0.4, 0.5) is 4.79 Å². The molecule has 0 heterocycles. The largest absolute Gasteiger partial charge is 0.510 e. The first-order valence-electron chi connectivity index (χ1n) is 4.75. The molecule has 1 aliphatic carbocycles. The minimum absolute atomic E-state index is 0.171. The molecular weight excluding hydrogens is 182 g/mol. The van der Waals surface area contributed by atoms with Crippen molar-refractivity contribution < 1.29 is 14.6 Å². The summed E-state index contributed by atoms with van der Waals surface area (Å²) in [6, 6.07) is 0. The topological polar surface area (TPSA) is 58.6 Å². The summed E-state index contributed by atoms with van der Waals surface area (Å²) in [4.78, 5) is 11.1. The van der Waals surface area contributed by atoms with E-state index in [9.17, 15) is 9.90 Å². The van der Waals surface area contributed by atoms with Gasteiger partial charge in [0.05, 0.1) is 6.54 Å². The summed E-state index contributed by atoms with van der Waals surface area (Å²) in [5.41, 5.74) is 0.535. The molecular formula is C10H17NO3. The number of hydrogen-bond acceptors (Lipinski definition) is 3. The van der Waals surface area contributed by atoms with Crippen LogP contribution in [0.15, 0.2) is 11.3 Å². The monoisotopic (exact) mass is 199 g/mol. The lowest BCUT2D eigenvalue weighted by atomic mass is 10.2. The first-order chi connectivity index (χ1) is 6.38. The maximum atomic E-state index is 11.1. The highest BCUT2D eigenvalue weighted by Gasteiger charge is 2.19. The highest BCUT2D eigenvalue weighted by atomic mass is 16.6. The van der Waals surface area contributed by atoms with Crippen LogP contribution in [0.25, 0.3) is 0 Å². The van der Waals surface area contributed by atoms with Gasteiger partial charge in [0.1, 0.15) is 11.4 Å². The first kappa shape index (κ1) is 10.9. The number of aliphatic hydroxyl groups is 1. The Bertz CT molecular complexity index is 257. The molecule has 1 rings (SSSR count). The lowest BCUT2D eigenvalue weighted by molar-refractivity contribution is 0.0527. The maximum absolute atomic E-state index is 11.1. The summed E-state index contributed by atoms with van der Waals surface area (Å²) in [5, 5.41) is 11.8. The second-order valence-electron chi connectivity index (χ2n) is 4.41. The Labute approximate surface area is 83.9 Å². The van der Waals surface area contributed by atoms with Crippen LogP contribution in [0.2, 0.25) is 0 Å². The van der Waals surface area contributed by atoms with E-state index < -0.39 is 11.7 Å². The number of carbonyl (C=O) groups is 1. The molecule has 0 bridgehead atoms. The number of ether oxygens (including phenoxy) is 1. The van der Waals surface area contributed by atoms with Crippen molar-refractivity contribution in [3.05, 3.63) is 11.3 Å².